The molecule has 1 aromatic carbocycles. The molecule has 2 aliphatic rings. The average molecular weight is 272 g/mol. The maximum atomic E-state index is 3.50. The summed E-state index contributed by atoms with van der Waals surface area (Å²) in [4.78, 5) is 2.60. The van der Waals surface area contributed by atoms with E-state index in [-0.39, 0.29) is 5.41 Å². The molecule has 0 bridgehead atoms. The topological polar surface area (TPSA) is 15.3 Å². The minimum absolute atomic E-state index is 0.250. The minimum atomic E-state index is 0.250. The van der Waals surface area contributed by atoms with E-state index in [2.05, 4.69) is 55.3 Å². The van der Waals surface area contributed by atoms with Crippen LogP contribution in [0.3, 0.4) is 0 Å². The van der Waals surface area contributed by atoms with E-state index in [1.165, 1.54) is 56.7 Å². The molecule has 2 fully saturated rings. The van der Waals surface area contributed by atoms with Crippen molar-refractivity contribution in [3.8, 4) is 0 Å². The Morgan fingerprint density at radius 2 is 1.65 bits per heavy atom. The molecule has 20 heavy (non-hydrogen) atoms. The monoisotopic (exact) mass is 272 g/mol. The number of nitrogens with zero attached hydrogens (tertiary/aromatic N) is 1. The van der Waals surface area contributed by atoms with Crippen molar-refractivity contribution >= 4 is 5.69 Å². The molecule has 2 heteroatoms. The molecule has 1 aromatic rings. The summed E-state index contributed by atoms with van der Waals surface area (Å²) >= 11 is 0. The van der Waals surface area contributed by atoms with Gasteiger partial charge in [-0.3, -0.25) is 0 Å². The van der Waals surface area contributed by atoms with Crippen LogP contribution in [0.4, 0.5) is 5.69 Å². The van der Waals surface area contributed by atoms with Crippen molar-refractivity contribution < 1.29 is 0 Å². The van der Waals surface area contributed by atoms with Crippen LogP contribution in [0.1, 0.15) is 45.6 Å². The Kier molecular flexibility index (Phi) is 3.53. The molecule has 0 atom stereocenters. The summed E-state index contributed by atoms with van der Waals surface area (Å²) in [6.45, 7) is 11.7. The molecule has 3 rings (SSSR count). The second-order valence-corrected chi connectivity index (χ2v) is 7.72. The second kappa shape index (κ2) is 5.07. The smallest absolute Gasteiger partial charge is 0.0366 e. The van der Waals surface area contributed by atoms with Gasteiger partial charge in [0.2, 0.25) is 0 Å². The lowest BCUT2D eigenvalue weighted by Crippen LogP contribution is -2.38. The normalized spacial score (nSPS) is 22.4. The summed E-state index contributed by atoms with van der Waals surface area (Å²) in [6.07, 6.45) is 4.07. The fourth-order valence-corrected chi connectivity index (χ4v) is 3.69. The van der Waals surface area contributed by atoms with Gasteiger partial charge in [-0.2, -0.15) is 0 Å². The Morgan fingerprint density at radius 1 is 1.00 bits per heavy atom. The van der Waals surface area contributed by atoms with E-state index in [1.807, 2.05) is 0 Å². The van der Waals surface area contributed by atoms with Crippen molar-refractivity contribution in [3.63, 3.8) is 0 Å². The Hall–Kier alpha value is -1.02. The first-order chi connectivity index (χ1) is 9.49. The number of rotatable bonds is 1. The summed E-state index contributed by atoms with van der Waals surface area (Å²) in [7, 11) is 0. The fourth-order valence-electron chi connectivity index (χ4n) is 3.69. The van der Waals surface area contributed by atoms with Crippen molar-refractivity contribution in [1.29, 1.82) is 0 Å². The average Bonchev–Trinajstić information content (AvgIpc) is 2.83. The highest BCUT2D eigenvalue weighted by molar-refractivity contribution is 5.50. The summed E-state index contributed by atoms with van der Waals surface area (Å²) in [5.41, 5.74) is 3.68. The van der Waals surface area contributed by atoms with Crippen molar-refractivity contribution in [2.75, 3.05) is 31.1 Å². The standard InChI is InChI=1S/C18H28N2/c1-17(2,3)15-4-6-16(7-5-15)20-13-10-18(14-20)8-11-19-12-9-18/h4-7,19H,8-14H2,1-3H3. The van der Waals surface area contributed by atoms with Gasteiger partial charge in [0.25, 0.3) is 0 Å². The van der Waals surface area contributed by atoms with Crippen LogP contribution in [-0.2, 0) is 5.41 Å². The number of piperidine rings is 1. The fraction of sp³-hybridized carbons (Fsp3) is 0.667. The van der Waals surface area contributed by atoms with E-state index in [0.29, 0.717) is 5.41 Å². The van der Waals surface area contributed by atoms with Crippen LogP contribution >= 0.6 is 0 Å². The Bertz CT molecular complexity index is 449. The molecule has 0 unspecified atom stereocenters. The van der Waals surface area contributed by atoms with E-state index in [0.717, 1.165) is 0 Å². The number of benzene rings is 1. The van der Waals surface area contributed by atoms with E-state index >= 15 is 0 Å². The molecule has 2 aliphatic heterocycles. The molecule has 0 radical (unpaired) electrons. The SMILES string of the molecule is CC(C)(C)c1ccc(N2CCC3(CCNCC3)C2)cc1. The molecule has 0 aliphatic carbocycles. The van der Waals surface area contributed by atoms with E-state index in [9.17, 15) is 0 Å². The molecule has 0 aromatic heterocycles. The number of nitrogens with one attached hydrogen (secondary N) is 1. The van der Waals surface area contributed by atoms with E-state index < -0.39 is 0 Å². The lowest BCUT2D eigenvalue weighted by molar-refractivity contribution is 0.232. The summed E-state index contributed by atoms with van der Waals surface area (Å²) < 4.78 is 0. The van der Waals surface area contributed by atoms with Gasteiger partial charge in [-0.1, -0.05) is 32.9 Å². The molecule has 2 heterocycles. The maximum absolute atomic E-state index is 3.50. The van der Waals surface area contributed by atoms with Crippen molar-refractivity contribution in [2.24, 2.45) is 5.41 Å². The van der Waals surface area contributed by atoms with Gasteiger partial charge in [0, 0.05) is 18.8 Å². The molecule has 1 N–H and O–H groups in total. The predicted molar refractivity (Wildman–Crippen MR) is 86.5 cm³/mol. The van der Waals surface area contributed by atoms with Gasteiger partial charge in [-0.05, 0) is 60.9 Å². The van der Waals surface area contributed by atoms with Crippen LogP contribution in [0.5, 0.6) is 0 Å². The lowest BCUT2D eigenvalue weighted by atomic mass is 9.78. The van der Waals surface area contributed by atoms with Gasteiger partial charge in [0.05, 0.1) is 0 Å². The van der Waals surface area contributed by atoms with Crippen LogP contribution in [0, 0.1) is 5.41 Å². The van der Waals surface area contributed by atoms with Crippen LogP contribution in [0.2, 0.25) is 0 Å². The Morgan fingerprint density at radius 3 is 2.25 bits per heavy atom. The number of hydrogen-bond acceptors (Lipinski definition) is 2. The van der Waals surface area contributed by atoms with E-state index in [4.69, 9.17) is 0 Å². The Labute approximate surface area is 123 Å². The highest BCUT2D eigenvalue weighted by Crippen LogP contribution is 2.40. The molecule has 0 saturated carbocycles. The quantitative estimate of drug-likeness (QED) is 0.841. The molecule has 1 spiro atoms. The molecular weight excluding hydrogens is 244 g/mol. The second-order valence-electron chi connectivity index (χ2n) is 7.72. The van der Waals surface area contributed by atoms with Crippen molar-refractivity contribution in [3.05, 3.63) is 29.8 Å². The van der Waals surface area contributed by atoms with Crippen molar-refractivity contribution in [1.82, 2.24) is 5.32 Å². The number of anilines is 1. The summed E-state index contributed by atoms with van der Waals surface area (Å²) in [5, 5.41) is 3.50. The lowest BCUT2D eigenvalue weighted by Gasteiger charge is -2.34. The summed E-state index contributed by atoms with van der Waals surface area (Å²) in [5.74, 6) is 0. The first-order valence-corrected chi connectivity index (χ1v) is 8.05. The van der Waals surface area contributed by atoms with Gasteiger partial charge in [-0.15, -0.1) is 0 Å². The third-order valence-electron chi connectivity index (χ3n) is 5.20. The van der Waals surface area contributed by atoms with Gasteiger partial charge in [-0.25, -0.2) is 0 Å². The van der Waals surface area contributed by atoms with Gasteiger partial charge >= 0.3 is 0 Å². The number of hydrogen-bond donors (Lipinski definition) is 1. The van der Waals surface area contributed by atoms with Gasteiger partial charge in [0.1, 0.15) is 0 Å². The zero-order valence-electron chi connectivity index (χ0n) is 13.2. The minimum Gasteiger partial charge on any atom is -0.371 e. The maximum Gasteiger partial charge on any atom is 0.0366 e. The largest absolute Gasteiger partial charge is 0.371 e. The highest BCUT2D eigenvalue weighted by atomic mass is 15.2. The molecule has 2 saturated heterocycles. The molecule has 0 amide bonds. The van der Waals surface area contributed by atoms with E-state index in [1.54, 1.807) is 0 Å². The Balaban J connectivity index is 1.71. The highest BCUT2D eigenvalue weighted by Gasteiger charge is 2.38. The predicted octanol–water partition coefficient (Wildman–Crippen LogP) is 3.56. The molecule has 110 valence electrons. The van der Waals surface area contributed by atoms with Gasteiger partial charge < -0.3 is 10.2 Å². The van der Waals surface area contributed by atoms with Crippen LogP contribution < -0.4 is 10.2 Å². The van der Waals surface area contributed by atoms with Crippen LogP contribution in [0.25, 0.3) is 0 Å². The summed E-state index contributed by atoms with van der Waals surface area (Å²) in [6, 6.07) is 9.26. The first-order valence-electron chi connectivity index (χ1n) is 8.05. The zero-order chi connectivity index (χ0) is 14.2. The van der Waals surface area contributed by atoms with Crippen molar-refractivity contribution in [2.45, 2.75) is 45.4 Å². The van der Waals surface area contributed by atoms with Crippen LogP contribution in [-0.4, -0.2) is 26.2 Å². The van der Waals surface area contributed by atoms with Crippen LogP contribution in [0.15, 0.2) is 24.3 Å². The third-order valence-corrected chi connectivity index (χ3v) is 5.20. The molecule has 2 nitrogen and oxygen atoms in total. The molecular formula is C18H28N2. The first kappa shape index (κ1) is 13.9. The zero-order valence-corrected chi connectivity index (χ0v) is 13.2. The third kappa shape index (κ3) is 2.71. The van der Waals surface area contributed by atoms with Gasteiger partial charge in [0.15, 0.2) is 0 Å².